The highest BCUT2D eigenvalue weighted by atomic mass is 16.8. The van der Waals surface area contributed by atoms with Gasteiger partial charge in [-0.2, -0.15) is 20.3 Å². The van der Waals surface area contributed by atoms with E-state index in [0.717, 1.165) is 30.7 Å². The molecular formula is C44H63N5O16. The molecule has 0 amide bonds. The Morgan fingerprint density at radius 1 is 0.631 bits per heavy atom. The number of carboxylic acid groups (broad SMARTS) is 1. The Hall–Kier alpha value is -3.39. The number of benzene rings is 1. The predicted molar refractivity (Wildman–Crippen MR) is 222 cm³/mol. The average Bonchev–Trinajstić information content (AvgIpc) is 4.18. The Morgan fingerprint density at radius 3 is 1.68 bits per heavy atom. The number of rotatable bonds is 20. The number of carbonyl (C=O) groups is 5. The molecule has 0 aliphatic carbocycles. The number of aliphatic hydroxyl groups excluding tert-OH is 2. The Kier molecular flexibility index (Phi) is 16.4. The summed E-state index contributed by atoms with van der Waals surface area (Å²) in [5.41, 5.74) is 0.979. The van der Waals surface area contributed by atoms with Crippen molar-refractivity contribution < 1.29 is 77.6 Å². The van der Waals surface area contributed by atoms with Crippen LogP contribution in [0.4, 0.5) is 0 Å². The first-order chi connectivity index (χ1) is 31.6. The maximum Gasteiger partial charge on any atom is 0.320 e. The molecule has 360 valence electrons. The minimum absolute atomic E-state index is 0.227. The van der Waals surface area contributed by atoms with E-state index in [1.165, 1.54) is 10.1 Å². The molecule has 3 N–H and O–H groups in total. The summed E-state index contributed by atoms with van der Waals surface area (Å²) in [5, 5.41) is 40.4. The molecule has 1 aromatic carbocycles. The SMILES string of the molecule is Cc1ccc(O[C@@H]2O[C@@H](CON3CCC[C@H]3C=O)[C@@H](O[C@@H]3OC(CON4CCC[C@H]4C=O)[C@H](O)[C@H](O)C3ON3CCC[C@H]3C=O)C(N3CCC[C@H]3C(=O)O)C2ON2CCC[C@H]2C=O)cc1. The van der Waals surface area contributed by atoms with E-state index in [9.17, 15) is 39.3 Å². The third-order valence-corrected chi connectivity index (χ3v) is 13.7. The molecule has 4 unspecified atom stereocenters. The molecule has 7 heterocycles. The first-order valence-corrected chi connectivity index (χ1v) is 23.1. The van der Waals surface area contributed by atoms with Gasteiger partial charge >= 0.3 is 5.97 Å². The smallest absolute Gasteiger partial charge is 0.320 e. The molecule has 65 heavy (non-hydrogen) atoms. The van der Waals surface area contributed by atoms with Crippen LogP contribution in [0.2, 0.25) is 0 Å². The summed E-state index contributed by atoms with van der Waals surface area (Å²) in [5.74, 6) is -0.658. The lowest BCUT2D eigenvalue weighted by atomic mass is 9.92. The molecule has 0 radical (unpaired) electrons. The fraction of sp³-hybridized carbons (Fsp3) is 0.750. The lowest BCUT2D eigenvalue weighted by molar-refractivity contribution is -0.392. The first-order valence-electron chi connectivity index (χ1n) is 23.1. The minimum atomic E-state index is -1.67. The number of carbonyl (C=O) groups excluding carboxylic acids is 4. The van der Waals surface area contributed by atoms with E-state index in [0.29, 0.717) is 96.1 Å². The highest BCUT2D eigenvalue weighted by molar-refractivity contribution is 5.74. The zero-order chi connectivity index (χ0) is 45.6. The quantitative estimate of drug-likeness (QED) is 0.146. The van der Waals surface area contributed by atoms with Gasteiger partial charge < -0.3 is 53.4 Å². The van der Waals surface area contributed by atoms with E-state index < -0.39 is 97.5 Å². The third-order valence-electron chi connectivity index (χ3n) is 13.7. The summed E-state index contributed by atoms with van der Waals surface area (Å²) in [6.07, 6.45) is -3.45. The van der Waals surface area contributed by atoms with Crippen molar-refractivity contribution in [2.45, 2.75) is 163 Å². The fourth-order valence-electron chi connectivity index (χ4n) is 10.2. The number of hydrogen-bond donors (Lipinski definition) is 3. The topological polar surface area (TPSA) is 236 Å². The number of carboxylic acids is 1. The van der Waals surface area contributed by atoms with E-state index in [-0.39, 0.29) is 19.8 Å². The van der Waals surface area contributed by atoms with Gasteiger partial charge in [0.2, 0.25) is 6.29 Å². The van der Waals surface area contributed by atoms with Crippen LogP contribution in [0.5, 0.6) is 5.75 Å². The van der Waals surface area contributed by atoms with Gasteiger partial charge in [-0.15, -0.1) is 0 Å². The van der Waals surface area contributed by atoms with E-state index in [1.807, 2.05) is 19.1 Å². The van der Waals surface area contributed by atoms with Crippen LogP contribution in [0.1, 0.15) is 69.8 Å². The molecular weight excluding hydrogens is 855 g/mol. The van der Waals surface area contributed by atoms with Crippen molar-refractivity contribution in [1.82, 2.24) is 25.2 Å². The van der Waals surface area contributed by atoms with Gasteiger partial charge in [-0.25, -0.2) is 0 Å². The van der Waals surface area contributed by atoms with Gasteiger partial charge in [0.25, 0.3) is 0 Å². The number of ether oxygens (including phenoxy) is 4. The summed E-state index contributed by atoms with van der Waals surface area (Å²) < 4.78 is 27.1. The molecule has 15 atom stereocenters. The molecule has 0 saturated carbocycles. The minimum Gasteiger partial charge on any atom is -0.480 e. The van der Waals surface area contributed by atoms with Crippen LogP contribution in [0.25, 0.3) is 0 Å². The summed E-state index contributed by atoms with van der Waals surface area (Å²) in [7, 11) is 0. The molecule has 21 nitrogen and oxygen atoms in total. The van der Waals surface area contributed by atoms with Crippen LogP contribution >= 0.6 is 0 Å². The lowest BCUT2D eigenvalue weighted by Crippen LogP contribution is -2.71. The molecule has 8 rings (SSSR count). The van der Waals surface area contributed by atoms with Crippen LogP contribution < -0.4 is 4.74 Å². The number of hydrogen-bond acceptors (Lipinski definition) is 20. The second-order valence-electron chi connectivity index (χ2n) is 18.0. The number of aliphatic hydroxyl groups is 2. The maximum absolute atomic E-state index is 13.1. The second kappa shape index (κ2) is 22.1. The Morgan fingerprint density at radius 2 is 1.12 bits per heavy atom. The van der Waals surface area contributed by atoms with Crippen LogP contribution in [-0.2, 0) is 57.5 Å². The maximum atomic E-state index is 13.1. The monoisotopic (exact) mass is 917 g/mol. The number of hydroxylamine groups is 8. The van der Waals surface area contributed by atoms with Crippen molar-refractivity contribution in [2.24, 2.45) is 0 Å². The molecule has 0 aromatic heterocycles. The average molecular weight is 918 g/mol. The molecule has 1 aromatic rings. The van der Waals surface area contributed by atoms with Crippen LogP contribution in [0.15, 0.2) is 24.3 Å². The van der Waals surface area contributed by atoms with Gasteiger partial charge in [0, 0.05) is 26.2 Å². The number of aldehydes is 4. The first kappa shape index (κ1) is 48.1. The second-order valence-corrected chi connectivity index (χ2v) is 18.0. The lowest BCUT2D eigenvalue weighted by Gasteiger charge is -2.52. The number of likely N-dealkylation sites (tertiary alicyclic amines) is 1. The van der Waals surface area contributed by atoms with Crippen LogP contribution in [0, 0.1) is 6.92 Å². The van der Waals surface area contributed by atoms with Crippen molar-refractivity contribution in [3.05, 3.63) is 29.8 Å². The zero-order valence-corrected chi connectivity index (χ0v) is 36.7. The molecule has 21 heteroatoms. The van der Waals surface area contributed by atoms with Gasteiger partial charge in [0.1, 0.15) is 67.5 Å². The number of nitrogens with zero attached hydrogens (tertiary/aromatic N) is 5. The molecule has 7 aliphatic heterocycles. The van der Waals surface area contributed by atoms with Crippen molar-refractivity contribution in [2.75, 3.05) is 45.9 Å². The van der Waals surface area contributed by atoms with Gasteiger partial charge in [-0.05, 0) is 89.8 Å². The Balaban J connectivity index is 1.20. The summed E-state index contributed by atoms with van der Waals surface area (Å²) >= 11 is 0. The molecule has 0 spiro atoms. The summed E-state index contributed by atoms with van der Waals surface area (Å²) in [4.78, 5) is 88.9. The predicted octanol–water partition coefficient (Wildman–Crippen LogP) is -0.0350. The van der Waals surface area contributed by atoms with Crippen molar-refractivity contribution in [3.8, 4) is 5.75 Å². The van der Waals surface area contributed by atoms with Crippen molar-refractivity contribution in [3.63, 3.8) is 0 Å². The van der Waals surface area contributed by atoms with E-state index >= 15 is 0 Å². The van der Waals surface area contributed by atoms with E-state index in [2.05, 4.69) is 0 Å². The molecule has 7 aliphatic rings. The van der Waals surface area contributed by atoms with E-state index in [1.54, 1.807) is 27.2 Å². The van der Waals surface area contributed by atoms with E-state index in [4.69, 9.17) is 38.3 Å². The highest BCUT2D eigenvalue weighted by Crippen LogP contribution is 2.39. The molecule has 7 saturated heterocycles. The molecule has 7 fully saturated rings. The number of aliphatic carboxylic acids is 1. The standard InChI is InChI=1S/C44H63N5O16/c1-27-12-14-32(15-13-27)60-43-40(64-48-19-4-9-30(48)23-52)36(45-16-6-11-33(45)42(56)57)39(35(62-43)26-59-47-18-3-8-29(47)22-51)63-44-41(65-49-20-5-10-31(49)24-53)38(55)37(54)34(61-44)25-58-46-17-2-7-28(46)21-50/h12-15,21-24,28-31,33-41,43-44,54-55H,2-11,16-20,25-26H2,1H3,(H,56,57)/t28-,29-,30-,31-,33-,34?,35-,36?,37-,38-,39+,40?,41?,43+,44-/m0/s1. The Bertz CT molecular complexity index is 1770. The normalized spacial score (nSPS) is 38.9. The van der Waals surface area contributed by atoms with Gasteiger partial charge in [-0.3, -0.25) is 29.0 Å². The van der Waals surface area contributed by atoms with Crippen LogP contribution in [-0.4, -0.2) is 209 Å². The Labute approximate surface area is 377 Å². The number of aryl methyl sites for hydroxylation is 1. The summed E-state index contributed by atoms with van der Waals surface area (Å²) in [6.45, 7) is 3.34. The molecule has 0 bridgehead atoms. The van der Waals surface area contributed by atoms with Crippen LogP contribution in [0.3, 0.4) is 0 Å². The van der Waals surface area contributed by atoms with Crippen molar-refractivity contribution in [1.29, 1.82) is 0 Å². The van der Waals surface area contributed by atoms with Gasteiger partial charge in [0.05, 0.1) is 43.4 Å². The third kappa shape index (κ3) is 10.8. The van der Waals surface area contributed by atoms with Crippen molar-refractivity contribution >= 4 is 31.1 Å². The van der Waals surface area contributed by atoms with Gasteiger partial charge in [-0.1, -0.05) is 17.7 Å². The fourth-order valence-corrected chi connectivity index (χ4v) is 10.2. The zero-order valence-electron chi connectivity index (χ0n) is 36.7. The van der Waals surface area contributed by atoms with Gasteiger partial charge in [0.15, 0.2) is 18.5 Å². The largest absolute Gasteiger partial charge is 0.480 e. The summed E-state index contributed by atoms with van der Waals surface area (Å²) in [6, 6.07) is 2.93. The highest BCUT2D eigenvalue weighted by Gasteiger charge is 2.58.